The van der Waals surface area contributed by atoms with Crippen LogP contribution in [0.25, 0.3) is 0 Å². The first kappa shape index (κ1) is 12.2. The van der Waals surface area contributed by atoms with Gasteiger partial charge in [-0.15, -0.1) is 0 Å². The molecule has 2 nitrogen and oxygen atoms in total. The van der Waals surface area contributed by atoms with Crippen molar-refractivity contribution >= 4 is 12.1 Å². The monoisotopic (exact) mass is 242 g/mol. The van der Waals surface area contributed by atoms with Crippen LogP contribution in [0, 0.1) is 12.7 Å². The van der Waals surface area contributed by atoms with Crippen LogP contribution in [0.15, 0.2) is 42.5 Å². The number of benzene rings is 2. The van der Waals surface area contributed by atoms with E-state index in [4.69, 9.17) is 0 Å². The summed E-state index contributed by atoms with van der Waals surface area (Å²) in [5.74, 6) is -0.551. The van der Waals surface area contributed by atoms with Crippen LogP contribution in [0.3, 0.4) is 0 Å². The Hall–Kier alpha value is -2.29. The van der Waals surface area contributed by atoms with E-state index < -0.39 is 0 Å². The van der Waals surface area contributed by atoms with Crippen molar-refractivity contribution in [1.82, 2.24) is 0 Å². The van der Waals surface area contributed by atoms with Gasteiger partial charge in [-0.25, -0.2) is 4.39 Å². The summed E-state index contributed by atoms with van der Waals surface area (Å²) in [7, 11) is 0. The Morgan fingerprint density at radius 3 is 2.33 bits per heavy atom. The average molecular weight is 242 g/mol. The molecule has 3 heteroatoms. The largest absolute Gasteiger partial charge is 0.298 e. The fourth-order valence-electron chi connectivity index (χ4n) is 1.77. The maximum absolute atomic E-state index is 12.8. The molecule has 0 saturated heterocycles. The Morgan fingerprint density at radius 2 is 1.78 bits per heavy atom. The molecule has 0 aliphatic carbocycles. The molecule has 0 saturated carbocycles. The zero-order valence-electron chi connectivity index (χ0n) is 9.81. The third-order valence-corrected chi connectivity index (χ3v) is 2.74. The Balaban J connectivity index is 2.39. The minimum absolute atomic E-state index is 0.176. The summed E-state index contributed by atoms with van der Waals surface area (Å²) >= 11 is 0. The van der Waals surface area contributed by atoms with Gasteiger partial charge < -0.3 is 0 Å². The molecule has 0 aromatic heterocycles. The number of ketones is 1. The highest BCUT2D eigenvalue weighted by molar-refractivity contribution is 6.10. The molecular weight excluding hydrogens is 231 g/mol. The number of aryl methyl sites for hydroxylation is 1. The van der Waals surface area contributed by atoms with Gasteiger partial charge in [0.25, 0.3) is 0 Å². The van der Waals surface area contributed by atoms with Crippen LogP contribution in [0.2, 0.25) is 0 Å². The maximum Gasteiger partial charge on any atom is 0.193 e. The summed E-state index contributed by atoms with van der Waals surface area (Å²) < 4.78 is 12.8. The third-order valence-electron chi connectivity index (χ3n) is 2.74. The van der Waals surface area contributed by atoms with E-state index in [1.165, 1.54) is 24.3 Å². The molecule has 0 spiro atoms. The first-order valence-electron chi connectivity index (χ1n) is 5.48. The van der Waals surface area contributed by atoms with Gasteiger partial charge in [0.15, 0.2) is 5.78 Å². The summed E-state index contributed by atoms with van der Waals surface area (Å²) in [5.41, 5.74) is 2.21. The van der Waals surface area contributed by atoms with Crippen LogP contribution < -0.4 is 0 Å². The van der Waals surface area contributed by atoms with Crippen molar-refractivity contribution < 1.29 is 14.0 Å². The highest BCUT2D eigenvalue weighted by Crippen LogP contribution is 2.15. The van der Waals surface area contributed by atoms with Gasteiger partial charge in [0.2, 0.25) is 0 Å². The molecule has 2 aromatic rings. The maximum atomic E-state index is 12.8. The highest BCUT2D eigenvalue weighted by atomic mass is 19.1. The molecule has 0 radical (unpaired) electrons. The molecule has 0 atom stereocenters. The van der Waals surface area contributed by atoms with Gasteiger partial charge in [0.1, 0.15) is 12.1 Å². The molecule has 2 aromatic carbocycles. The summed E-state index contributed by atoms with van der Waals surface area (Å²) in [6.07, 6.45) is 0.735. The molecule has 0 heterocycles. The molecule has 0 unspecified atom stereocenters. The van der Waals surface area contributed by atoms with Gasteiger partial charge in [0.05, 0.1) is 0 Å². The lowest BCUT2D eigenvalue weighted by molar-refractivity contribution is 0.103. The molecule has 0 fully saturated rings. The van der Waals surface area contributed by atoms with Crippen molar-refractivity contribution in [3.05, 3.63) is 70.5 Å². The number of hydrogen-bond donors (Lipinski definition) is 0. The molecule has 0 bridgehead atoms. The number of carbonyl (C=O) groups is 2. The van der Waals surface area contributed by atoms with Crippen LogP contribution >= 0.6 is 0 Å². The predicted molar refractivity (Wildman–Crippen MR) is 66.4 cm³/mol. The Labute approximate surface area is 104 Å². The summed E-state index contributed by atoms with van der Waals surface area (Å²) in [4.78, 5) is 22.8. The van der Waals surface area contributed by atoms with Gasteiger partial charge in [-0.1, -0.05) is 12.1 Å². The van der Waals surface area contributed by atoms with Crippen molar-refractivity contribution in [2.75, 3.05) is 0 Å². The SMILES string of the molecule is Cc1cc(C=O)ccc1C(=O)c1ccc(F)cc1. The molecule has 0 N–H and O–H groups in total. The summed E-state index contributed by atoms with van der Waals surface area (Å²) in [6, 6.07) is 10.3. The molecule has 0 aliphatic rings. The normalized spacial score (nSPS) is 10.1. The van der Waals surface area contributed by atoms with Crippen molar-refractivity contribution in [2.24, 2.45) is 0 Å². The van der Waals surface area contributed by atoms with Crippen molar-refractivity contribution in [3.8, 4) is 0 Å². The van der Waals surface area contributed by atoms with E-state index >= 15 is 0 Å². The Bertz CT molecular complexity index is 600. The van der Waals surface area contributed by atoms with E-state index in [-0.39, 0.29) is 11.6 Å². The molecule has 0 aliphatic heterocycles. The van der Waals surface area contributed by atoms with Crippen molar-refractivity contribution in [2.45, 2.75) is 6.92 Å². The van der Waals surface area contributed by atoms with E-state index in [9.17, 15) is 14.0 Å². The predicted octanol–water partition coefficient (Wildman–Crippen LogP) is 3.18. The Morgan fingerprint density at radius 1 is 1.11 bits per heavy atom. The van der Waals surface area contributed by atoms with E-state index in [2.05, 4.69) is 0 Å². The number of halogens is 1. The minimum atomic E-state index is -0.375. The number of aldehydes is 1. The van der Waals surface area contributed by atoms with E-state index in [1.54, 1.807) is 25.1 Å². The lowest BCUT2D eigenvalue weighted by atomic mass is 9.97. The minimum Gasteiger partial charge on any atom is -0.298 e. The van der Waals surface area contributed by atoms with Crippen LogP contribution in [0.1, 0.15) is 31.8 Å². The van der Waals surface area contributed by atoms with Crippen LogP contribution in [0.4, 0.5) is 4.39 Å². The van der Waals surface area contributed by atoms with Gasteiger partial charge in [0, 0.05) is 16.7 Å². The summed E-state index contributed by atoms with van der Waals surface area (Å²) in [5, 5.41) is 0. The lowest BCUT2D eigenvalue weighted by Crippen LogP contribution is -2.04. The average Bonchev–Trinajstić information content (AvgIpc) is 2.38. The first-order chi connectivity index (χ1) is 8.61. The third kappa shape index (κ3) is 2.35. The van der Waals surface area contributed by atoms with Crippen LogP contribution in [-0.2, 0) is 0 Å². The zero-order valence-corrected chi connectivity index (χ0v) is 9.81. The molecule has 2 rings (SSSR count). The molecule has 18 heavy (non-hydrogen) atoms. The first-order valence-corrected chi connectivity index (χ1v) is 5.48. The fraction of sp³-hybridized carbons (Fsp3) is 0.0667. The molecular formula is C15H11FO2. The van der Waals surface area contributed by atoms with Crippen LogP contribution in [0.5, 0.6) is 0 Å². The quantitative estimate of drug-likeness (QED) is 0.612. The van der Waals surface area contributed by atoms with Gasteiger partial charge >= 0.3 is 0 Å². The number of hydrogen-bond acceptors (Lipinski definition) is 2. The van der Waals surface area contributed by atoms with Crippen molar-refractivity contribution in [1.29, 1.82) is 0 Å². The van der Waals surface area contributed by atoms with E-state index in [0.717, 1.165) is 11.8 Å². The lowest BCUT2D eigenvalue weighted by Gasteiger charge is -2.05. The standard InChI is InChI=1S/C15H11FO2/c1-10-8-11(9-17)2-7-14(10)15(18)12-3-5-13(16)6-4-12/h2-9H,1H3. The van der Waals surface area contributed by atoms with Gasteiger partial charge in [-0.05, 0) is 42.8 Å². The van der Waals surface area contributed by atoms with Crippen molar-refractivity contribution in [3.63, 3.8) is 0 Å². The second-order valence-electron chi connectivity index (χ2n) is 4.03. The zero-order chi connectivity index (χ0) is 13.1. The molecule has 0 amide bonds. The molecule has 90 valence electrons. The van der Waals surface area contributed by atoms with E-state index in [0.29, 0.717) is 16.7 Å². The summed E-state index contributed by atoms with van der Waals surface area (Å²) in [6.45, 7) is 1.77. The van der Waals surface area contributed by atoms with Gasteiger partial charge in [-0.3, -0.25) is 9.59 Å². The second-order valence-corrected chi connectivity index (χ2v) is 4.03. The number of carbonyl (C=O) groups excluding carboxylic acids is 2. The van der Waals surface area contributed by atoms with Crippen LogP contribution in [-0.4, -0.2) is 12.1 Å². The highest BCUT2D eigenvalue weighted by Gasteiger charge is 2.11. The second kappa shape index (κ2) is 4.92. The van der Waals surface area contributed by atoms with E-state index in [1.807, 2.05) is 0 Å². The van der Waals surface area contributed by atoms with Gasteiger partial charge in [-0.2, -0.15) is 0 Å². The Kier molecular flexibility index (Phi) is 3.33. The smallest absolute Gasteiger partial charge is 0.193 e. The fourth-order valence-corrected chi connectivity index (χ4v) is 1.77. The number of rotatable bonds is 3. The topological polar surface area (TPSA) is 34.1 Å².